The number of hydrogen-bond donors (Lipinski definition) is 0. The molecule has 0 saturated heterocycles. The van der Waals surface area contributed by atoms with Gasteiger partial charge in [0.1, 0.15) is 11.9 Å². The second-order valence-electron chi connectivity index (χ2n) is 5.52. The van der Waals surface area contributed by atoms with E-state index < -0.39 is 6.10 Å². The van der Waals surface area contributed by atoms with Crippen LogP contribution in [0.25, 0.3) is 0 Å². The number of aryl methyl sites for hydroxylation is 1. The molecule has 1 atom stereocenters. The summed E-state index contributed by atoms with van der Waals surface area (Å²) in [6, 6.07) is 4.22. The zero-order chi connectivity index (χ0) is 13.9. The summed E-state index contributed by atoms with van der Waals surface area (Å²) in [4.78, 5) is 12.5. The van der Waals surface area contributed by atoms with Crippen LogP contribution in [0.5, 0.6) is 0 Å². The minimum absolute atomic E-state index is 0.0816. The van der Waals surface area contributed by atoms with Crippen LogP contribution in [0.4, 0.5) is 4.39 Å². The van der Waals surface area contributed by atoms with E-state index in [9.17, 15) is 9.18 Å². The SMILES string of the molecule is CCOC(C(=O)c1ccc(F)cc1C)C(C)(C)C. The van der Waals surface area contributed by atoms with Crippen molar-refractivity contribution in [1.82, 2.24) is 0 Å². The number of hydrogen-bond acceptors (Lipinski definition) is 2. The monoisotopic (exact) mass is 252 g/mol. The number of rotatable bonds is 4. The fourth-order valence-corrected chi connectivity index (χ4v) is 1.93. The summed E-state index contributed by atoms with van der Waals surface area (Å²) in [5.41, 5.74) is 0.896. The number of halogens is 1. The maximum Gasteiger partial charge on any atom is 0.192 e. The first-order valence-corrected chi connectivity index (χ1v) is 6.19. The van der Waals surface area contributed by atoms with Gasteiger partial charge in [-0.15, -0.1) is 0 Å². The lowest BCUT2D eigenvalue weighted by Gasteiger charge is -2.29. The summed E-state index contributed by atoms with van der Waals surface area (Å²) in [5, 5.41) is 0. The Labute approximate surface area is 108 Å². The molecule has 100 valence electrons. The normalized spacial score (nSPS) is 13.4. The summed E-state index contributed by atoms with van der Waals surface area (Å²) < 4.78 is 18.6. The van der Waals surface area contributed by atoms with Crippen LogP contribution in [0.3, 0.4) is 0 Å². The predicted molar refractivity (Wildman–Crippen MR) is 70.3 cm³/mol. The van der Waals surface area contributed by atoms with Gasteiger partial charge in [-0.3, -0.25) is 4.79 Å². The molecule has 0 saturated carbocycles. The molecule has 0 bridgehead atoms. The van der Waals surface area contributed by atoms with E-state index in [1.807, 2.05) is 27.7 Å². The van der Waals surface area contributed by atoms with E-state index in [-0.39, 0.29) is 17.0 Å². The Morgan fingerprint density at radius 2 is 2.00 bits per heavy atom. The predicted octanol–water partition coefficient (Wildman–Crippen LogP) is 3.77. The molecule has 0 aromatic heterocycles. The van der Waals surface area contributed by atoms with Crippen molar-refractivity contribution in [1.29, 1.82) is 0 Å². The van der Waals surface area contributed by atoms with Crippen LogP contribution in [0.15, 0.2) is 18.2 Å². The second kappa shape index (κ2) is 5.61. The van der Waals surface area contributed by atoms with Crippen molar-refractivity contribution in [2.75, 3.05) is 6.61 Å². The Balaban J connectivity index is 3.10. The van der Waals surface area contributed by atoms with Crippen LogP contribution in [-0.2, 0) is 4.74 Å². The quantitative estimate of drug-likeness (QED) is 0.762. The topological polar surface area (TPSA) is 26.3 Å². The molecule has 0 N–H and O–H groups in total. The van der Waals surface area contributed by atoms with Crippen molar-refractivity contribution in [3.63, 3.8) is 0 Å². The third-order valence-electron chi connectivity index (χ3n) is 2.81. The Kier molecular flexibility index (Phi) is 4.63. The standard InChI is InChI=1S/C15H21FO2/c1-6-18-14(15(3,4)5)13(17)12-8-7-11(16)9-10(12)2/h7-9,14H,6H2,1-5H3. The highest BCUT2D eigenvalue weighted by Gasteiger charge is 2.33. The van der Waals surface area contributed by atoms with Gasteiger partial charge in [0.2, 0.25) is 0 Å². The summed E-state index contributed by atoms with van der Waals surface area (Å²) in [5.74, 6) is -0.408. The van der Waals surface area contributed by atoms with Crippen molar-refractivity contribution < 1.29 is 13.9 Å². The van der Waals surface area contributed by atoms with Crippen molar-refractivity contribution in [2.45, 2.75) is 40.7 Å². The Morgan fingerprint density at radius 3 is 2.44 bits per heavy atom. The first kappa shape index (κ1) is 14.8. The summed E-state index contributed by atoms with van der Waals surface area (Å²) in [6.07, 6.45) is -0.508. The van der Waals surface area contributed by atoms with E-state index in [4.69, 9.17) is 4.74 Å². The van der Waals surface area contributed by atoms with E-state index in [2.05, 4.69) is 0 Å². The average Bonchev–Trinajstić information content (AvgIpc) is 2.23. The number of carbonyl (C=O) groups excluding carboxylic acids is 1. The Hall–Kier alpha value is -1.22. The smallest absolute Gasteiger partial charge is 0.192 e. The number of Topliss-reactive ketones (excluding diaryl/α,β-unsaturated/α-hetero) is 1. The minimum Gasteiger partial charge on any atom is -0.370 e. The van der Waals surface area contributed by atoms with Gasteiger partial charge in [0.15, 0.2) is 5.78 Å². The zero-order valence-corrected chi connectivity index (χ0v) is 11.7. The number of ketones is 1. The Bertz CT molecular complexity index is 433. The molecule has 0 aliphatic rings. The highest BCUT2D eigenvalue weighted by molar-refractivity contribution is 6.01. The molecule has 0 aliphatic heterocycles. The Morgan fingerprint density at radius 1 is 1.39 bits per heavy atom. The van der Waals surface area contributed by atoms with Crippen LogP contribution in [0.2, 0.25) is 0 Å². The first-order valence-electron chi connectivity index (χ1n) is 6.19. The molecule has 1 aromatic carbocycles. The molecule has 0 spiro atoms. The fraction of sp³-hybridized carbons (Fsp3) is 0.533. The van der Waals surface area contributed by atoms with Crippen LogP contribution in [0, 0.1) is 18.2 Å². The average molecular weight is 252 g/mol. The molecular formula is C15H21FO2. The molecule has 2 nitrogen and oxygen atoms in total. The maximum absolute atomic E-state index is 13.1. The third-order valence-corrected chi connectivity index (χ3v) is 2.81. The van der Waals surface area contributed by atoms with Crippen molar-refractivity contribution in [3.8, 4) is 0 Å². The molecule has 18 heavy (non-hydrogen) atoms. The van der Waals surface area contributed by atoms with Crippen LogP contribution >= 0.6 is 0 Å². The highest BCUT2D eigenvalue weighted by atomic mass is 19.1. The second-order valence-corrected chi connectivity index (χ2v) is 5.52. The van der Waals surface area contributed by atoms with Gasteiger partial charge in [0, 0.05) is 12.2 Å². The number of benzene rings is 1. The van der Waals surface area contributed by atoms with Crippen LogP contribution < -0.4 is 0 Å². The lowest BCUT2D eigenvalue weighted by atomic mass is 9.83. The number of ether oxygens (including phenoxy) is 1. The minimum atomic E-state index is -0.508. The summed E-state index contributed by atoms with van der Waals surface area (Å²) in [6.45, 7) is 9.97. The first-order chi connectivity index (χ1) is 8.27. The largest absolute Gasteiger partial charge is 0.370 e. The van der Waals surface area contributed by atoms with Crippen LogP contribution in [-0.4, -0.2) is 18.5 Å². The highest BCUT2D eigenvalue weighted by Crippen LogP contribution is 2.26. The lowest BCUT2D eigenvalue weighted by Crippen LogP contribution is -2.37. The molecule has 1 rings (SSSR count). The van der Waals surface area contributed by atoms with Gasteiger partial charge >= 0.3 is 0 Å². The van der Waals surface area contributed by atoms with E-state index in [1.54, 1.807) is 6.92 Å². The molecule has 3 heteroatoms. The van der Waals surface area contributed by atoms with Crippen molar-refractivity contribution >= 4 is 5.78 Å². The van der Waals surface area contributed by atoms with E-state index in [0.29, 0.717) is 17.7 Å². The molecular weight excluding hydrogens is 231 g/mol. The third kappa shape index (κ3) is 3.39. The molecule has 0 aliphatic carbocycles. The maximum atomic E-state index is 13.1. The van der Waals surface area contributed by atoms with Gasteiger partial charge in [-0.1, -0.05) is 20.8 Å². The van der Waals surface area contributed by atoms with Crippen molar-refractivity contribution in [3.05, 3.63) is 35.1 Å². The zero-order valence-electron chi connectivity index (χ0n) is 11.7. The summed E-state index contributed by atoms with van der Waals surface area (Å²) in [7, 11) is 0. The number of carbonyl (C=O) groups is 1. The van der Waals surface area contributed by atoms with Gasteiger partial charge in [0.25, 0.3) is 0 Å². The van der Waals surface area contributed by atoms with Gasteiger partial charge in [-0.2, -0.15) is 0 Å². The molecule has 0 fully saturated rings. The van der Waals surface area contributed by atoms with Crippen LogP contribution in [0.1, 0.15) is 43.6 Å². The van der Waals surface area contributed by atoms with Gasteiger partial charge in [0.05, 0.1) is 0 Å². The van der Waals surface area contributed by atoms with E-state index in [0.717, 1.165) is 0 Å². The van der Waals surface area contributed by atoms with Gasteiger partial charge in [-0.05, 0) is 43.0 Å². The van der Waals surface area contributed by atoms with Crippen molar-refractivity contribution in [2.24, 2.45) is 5.41 Å². The summed E-state index contributed by atoms with van der Waals surface area (Å²) >= 11 is 0. The molecule has 1 aromatic rings. The molecule has 0 amide bonds. The molecule has 0 radical (unpaired) electrons. The van der Waals surface area contributed by atoms with Gasteiger partial charge in [-0.25, -0.2) is 4.39 Å². The van der Waals surface area contributed by atoms with Gasteiger partial charge < -0.3 is 4.74 Å². The molecule has 0 heterocycles. The molecule has 1 unspecified atom stereocenters. The van der Waals surface area contributed by atoms with E-state index in [1.165, 1.54) is 18.2 Å². The fourth-order valence-electron chi connectivity index (χ4n) is 1.93. The van der Waals surface area contributed by atoms with E-state index >= 15 is 0 Å². The lowest BCUT2D eigenvalue weighted by molar-refractivity contribution is -0.000267.